The highest BCUT2D eigenvalue weighted by molar-refractivity contribution is 5.66. The SMILES string of the molecule is c1cc(-c2ccc3c(c2)OCCCO3)n2nccc2n1. The van der Waals surface area contributed by atoms with Crippen LogP contribution in [0.5, 0.6) is 11.5 Å². The van der Waals surface area contributed by atoms with Gasteiger partial charge in [0.25, 0.3) is 0 Å². The predicted molar refractivity (Wildman–Crippen MR) is 74.0 cm³/mol. The van der Waals surface area contributed by atoms with Crippen LogP contribution in [0.25, 0.3) is 16.9 Å². The smallest absolute Gasteiger partial charge is 0.161 e. The number of aromatic nitrogens is 3. The van der Waals surface area contributed by atoms with Gasteiger partial charge >= 0.3 is 0 Å². The van der Waals surface area contributed by atoms with Gasteiger partial charge in [0, 0.05) is 24.2 Å². The average Bonchev–Trinajstić information content (AvgIpc) is 2.84. The summed E-state index contributed by atoms with van der Waals surface area (Å²) < 4.78 is 13.2. The van der Waals surface area contributed by atoms with Crippen LogP contribution in [0.15, 0.2) is 42.7 Å². The zero-order chi connectivity index (χ0) is 13.4. The molecule has 0 amide bonds. The second kappa shape index (κ2) is 4.52. The number of nitrogens with zero attached hydrogens (tertiary/aromatic N) is 3. The summed E-state index contributed by atoms with van der Waals surface area (Å²) in [4.78, 5) is 4.27. The van der Waals surface area contributed by atoms with E-state index in [1.54, 1.807) is 12.4 Å². The molecule has 4 rings (SSSR count). The quantitative estimate of drug-likeness (QED) is 0.680. The van der Waals surface area contributed by atoms with Crippen molar-refractivity contribution in [1.82, 2.24) is 14.6 Å². The van der Waals surface area contributed by atoms with Crippen molar-refractivity contribution >= 4 is 5.65 Å². The predicted octanol–water partition coefficient (Wildman–Crippen LogP) is 2.56. The van der Waals surface area contributed by atoms with Crippen molar-refractivity contribution in [3.8, 4) is 22.8 Å². The summed E-state index contributed by atoms with van der Waals surface area (Å²) in [6.45, 7) is 1.38. The zero-order valence-electron chi connectivity index (χ0n) is 10.8. The fraction of sp³-hybridized carbons (Fsp3) is 0.200. The van der Waals surface area contributed by atoms with E-state index in [2.05, 4.69) is 10.1 Å². The molecule has 2 aromatic heterocycles. The van der Waals surface area contributed by atoms with Crippen LogP contribution in [0.4, 0.5) is 0 Å². The van der Waals surface area contributed by atoms with Crippen LogP contribution in [0, 0.1) is 0 Å². The summed E-state index contributed by atoms with van der Waals surface area (Å²) in [6.07, 6.45) is 4.44. The van der Waals surface area contributed by atoms with E-state index in [-0.39, 0.29) is 0 Å². The maximum atomic E-state index is 5.73. The van der Waals surface area contributed by atoms with Crippen molar-refractivity contribution in [2.75, 3.05) is 13.2 Å². The molecule has 5 heteroatoms. The van der Waals surface area contributed by atoms with E-state index in [1.807, 2.05) is 34.8 Å². The second-order valence-corrected chi connectivity index (χ2v) is 4.64. The summed E-state index contributed by atoms with van der Waals surface area (Å²) in [5.41, 5.74) is 2.84. The Balaban J connectivity index is 1.86. The van der Waals surface area contributed by atoms with Gasteiger partial charge in [0.15, 0.2) is 17.1 Å². The fourth-order valence-corrected chi connectivity index (χ4v) is 2.38. The lowest BCUT2D eigenvalue weighted by atomic mass is 10.1. The summed E-state index contributed by atoms with van der Waals surface area (Å²) in [7, 11) is 0. The third-order valence-electron chi connectivity index (χ3n) is 3.33. The number of hydrogen-bond acceptors (Lipinski definition) is 4. The molecule has 1 aliphatic rings. The van der Waals surface area contributed by atoms with Gasteiger partial charge in [-0.1, -0.05) is 0 Å². The monoisotopic (exact) mass is 267 g/mol. The van der Waals surface area contributed by atoms with Gasteiger partial charge < -0.3 is 9.47 Å². The van der Waals surface area contributed by atoms with Gasteiger partial charge in [0.1, 0.15) is 0 Å². The average molecular weight is 267 g/mol. The highest BCUT2D eigenvalue weighted by Gasteiger charge is 2.13. The van der Waals surface area contributed by atoms with Gasteiger partial charge in [-0.05, 0) is 24.3 Å². The van der Waals surface area contributed by atoms with Crippen molar-refractivity contribution in [2.45, 2.75) is 6.42 Å². The Hall–Kier alpha value is -2.56. The highest BCUT2D eigenvalue weighted by atomic mass is 16.5. The van der Waals surface area contributed by atoms with Crippen LogP contribution in [-0.4, -0.2) is 27.8 Å². The molecule has 20 heavy (non-hydrogen) atoms. The summed E-state index contributed by atoms with van der Waals surface area (Å²) in [5, 5.41) is 4.31. The molecule has 1 aliphatic heterocycles. The minimum absolute atomic E-state index is 0.685. The van der Waals surface area contributed by atoms with Gasteiger partial charge in [-0.3, -0.25) is 0 Å². The van der Waals surface area contributed by atoms with Crippen LogP contribution in [0.1, 0.15) is 6.42 Å². The maximum absolute atomic E-state index is 5.73. The normalized spacial score (nSPS) is 14.2. The van der Waals surface area contributed by atoms with Gasteiger partial charge in [-0.15, -0.1) is 0 Å². The third kappa shape index (κ3) is 1.79. The van der Waals surface area contributed by atoms with Crippen molar-refractivity contribution in [3.63, 3.8) is 0 Å². The molecule has 100 valence electrons. The molecule has 1 aromatic carbocycles. The Labute approximate surface area is 115 Å². The Bertz CT molecular complexity index is 767. The van der Waals surface area contributed by atoms with E-state index >= 15 is 0 Å². The van der Waals surface area contributed by atoms with Crippen molar-refractivity contribution in [1.29, 1.82) is 0 Å². The standard InChI is InChI=1S/C15H13N3O2/c1-8-19-13-3-2-11(10-14(13)20-9-1)12-4-6-16-15-5-7-17-18(12)15/h2-7,10H,1,8-9H2. The molecule has 0 radical (unpaired) electrons. The lowest BCUT2D eigenvalue weighted by Gasteiger charge is -2.10. The summed E-state index contributed by atoms with van der Waals surface area (Å²) >= 11 is 0. The van der Waals surface area contributed by atoms with E-state index in [4.69, 9.17) is 9.47 Å². The van der Waals surface area contributed by atoms with Crippen molar-refractivity contribution < 1.29 is 9.47 Å². The van der Waals surface area contributed by atoms with Gasteiger partial charge in [0.05, 0.1) is 25.1 Å². The molecule has 0 atom stereocenters. The fourth-order valence-electron chi connectivity index (χ4n) is 2.38. The molecule has 0 aliphatic carbocycles. The molecule has 0 saturated heterocycles. The topological polar surface area (TPSA) is 48.7 Å². The Kier molecular flexibility index (Phi) is 2.55. The molecule has 0 fully saturated rings. The number of hydrogen-bond donors (Lipinski definition) is 0. The molecular weight excluding hydrogens is 254 g/mol. The number of fused-ring (bicyclic) bond motifs is 2. The first-order chi connectivity index (χ1) is 9.92. The first-order valence-electron chi connectivity index (χ1n) is 6.60. The highest BCUT2D eigenvalue weighted by Crippen LogP contribution is 2.34. The minimum atomic E-state index is 0.685. The molecule has 3 aromatic rings. The zero-order valence-corrected chi connectivity index (χ0v) is 10.8. The Morgan fingerprint density at radius 2 is 1.85 bits per heavy atom. The molecule has 0 bridgehead atoms. The van der Waals surface area contributed by atoms with Crippen LogP contribution < -0.4 is 9.47 Å². The lowest BCUT2D eigenvalue weighted by Crippen LogP contribution is -1.97. The van der Waals surface area contributed by atoms with E-state index in [0.29, 0.717) is 13.2 Å². The van der Waals surface area contributed by atoms with Gasteiger partial charge in [0.2, 0.25) is 0 Å². The third-order valence-corrected chi connectivity index (χ3v) is 3.33. The number of rotatable bonds is 1. The van der Waals surface area contributed by atoms with E-state index < -0.39 is 0 Å². The maximum Gasteiger partial charge on any atom is 0.161 e. The van der Waals surface area contributed by atoms with Crippen molar-refractivity contribution in [2.24, 2.45) is 0 Å². The van der Waals surface area contributed by atoms with Crippen LogP contribution in [0.2, 0.25) is 0 Å². The molecule has 0 N–H and O–H groups in total. The van der Waals surface area contributed by atoms with Crippen LogP contribution in [-0.2, 0) is 0 Å². The van der Waals surface area contributed by atoms with Crippen LogP contribution in [0.3, 0.4) is 0 Å². The Morgan fingerprint density at radius 1 is 0.950 bits per heavy atom. The first-order valence-corrected chi connectivity index (χ1v) is 6.60. The van der Waals surface area contributed by atoms with E-state index in [0.717, 1.165) is 34.8 Å². The molecule has 0 spiro atoms. The van der Waals surface area contributed by atoms with Gasteiger partial charge in [-0.2, -0.15) is 5.10 Å². The second-order valence-electron chi connectivity index (χ2n) is 4.64. The lowest BCUT2D eigenvalue weighted by molar-refractivity contribution is 0.297. The molecule has 0 unspecified atom stereocenters. The van der Waals surface area contributed by atoms with E-state index in [9.17, 15) is 0 Å². The molecule has 0 saturated carbocycles. The minimum Gasteiger partial charge on any atom is -0.490 e. The Morgan fingerprint density at radius 3 is 2.80 bits per heavy atom. The molecule has 5 nitrogen and oxygen atoms in total. The van der Waals surface area contributed by atoms with Crippen molar-refractivity contribution in [3.05, 3.63) is 42.7 Å². The van der Waals surface area contributed by atoms with Crippen LogP contribution >= 0.6 is 0 Å². The molecule has 3 heterocycles. The first kappa shape index (κ1) is 11.3. The number of ether oxygens (including phenoxy) is 2. The summed E-state index contributed by atoms with van der Waals surface area (Å²) in [6, 6.07) is 9.79. The van der Waals surface area contributed by atoms with Gasteiger partial charge in [-0.25, -0.2) is 9.50 Å². The molecular formula is C15H13N3O2. The number of benzene rings is 1. The summed E-state index contributed by atoms with van der Waals surface area (Å²) in [5.74, 6) is 1.59. The van der Waals surface area contributed by atoms with E-state index in [1.165, 1.54) is 0 Å². The largest absolute Gasteiger partial charge is 0.490 e.